The van der Waals surface area contributed by atoms with Crippen LogP contribution in [0, 0.1) is 0 Å². The van der Waals surface area contributed by atoms with E-state index in [1.807, 2.05) is 18.2 Å². The summed E-state index contributed by atoms with van der Waals surface area (Å²) in [6.07, 6.45) is 3.63. The number of anilines is 1. The van der Waals surface area contributed by atoms with E-state index in [1.165, 1.54) is 20.1 Å². The third-order valence-electron chi connectivity index (χ3n) is 3.81. The highest BCUT2D eigenvalue weighted by molar-refractivity contribution is 6.02. The van der Waals surface area contributed by atoms with Gasteiger partial charge in [0, 0.05) is 12.6 Å². The fraction of sp³-hybridized carbons (Fsp3) is 0.105. The number of nitrogens with zero attached hydrogens (tertiary/aromatic N) is 1. The molecule has 132 valence electrons. The minimum Gasteiger partial charge on any atom is -0.495 e. The number of H-pyrrole nitrogens is 1. The standard InChI is InChI=1S/C19H17N3O4/c1-11(23)20-13-6-3-12(4-7-13)5-9-15-17-16(22-21-15)10-8-14(19(24)25)18(17)26-2/h3-10H,1-2H3,(H,20,23)(H,21,22)(H,24,25). The number of fused-ring (bicyclic) bond motifs is 1. The number of benzene rings is 2. The Morgan fingerprint density at radius 1 is 1.15 bits per heavy atom. The van der Waals surface area contributed by atoms with Crippen LogP contribution in [-0.2, 0) is 4.79 Å². The van der Waals surface area contributed by atoms with Crippen LogP contribution in [0.5, 0.6) is 5.75 Å². The quantitative estimate of drug-likeness (QED) is 0.653. The topological polar surface area (TPSA) is 104 Å². The zero-order valence-electron chi connectivity index (χ0n) is 14.2. The summed E-state index contributed by atoms with van der Waals surface area (Å²) in [6.45, 7) is 1.45. The van der Waals surface area contributed by atoms with Crippen molar-refractivity contribution in [2.75, 3.05) is 12.4 Å². The summed E-state index contributed by atoms with van der Waals surface area (Å²) >= 11 is 0. The number of hydrogen-bond donors (Lipinski definition) is 3. The average Bonchev–Trinajstić information content (AvgIpc) is 3.03. The van der Waals surface area contributed by atoms with Crippen molar-refractivity contribution in [1.82, 2.24) is 10.2 Å². The van der Waals surface area contributed by atoms with Crippen LogP contribution in [0.3, 0.4) is 0 Å². The molecule has 7 nitrogen and oxygen atoms in total. The summed E-state index contributed by atoms with van der Waals surface area (Å²) in [5.41, 5.74) is 2.96. The van der Waals surface area contributed by atoms with Gasteiger partial charge < -0.3 is 15.2 Å². The lowest BCUT2D eigenvalue weighted by Crippen LogP contribution is -2.05. The number of aromatic nitrogens is 2. The van der Waals surface area contributed by atoms with Crippen molar-refractivity contribution in [1.29, 1.82) is 0 Å². The molecule has 2 aromatic carbocycles. The Labute approximate surface area is 149 Å². The Bertz CT molecular complexity index is 1000. The van der Waals surface area contributed by atoms with Crippen molar-refractivity contribution in [3.05, 3.63) is 53.2 Å². The van der Waals surface area contributed by atoms with E-state index in [9.17, 15) is 14.7 Å². The number of hydrogen-bond acceptors (Lipinski definition) is 4. The van der Waals surface area contributed by atoms with E-state index in [0.29, 0.717) is 22.3 Å². The molecule has 0 atom stereocenters. The first-order chi connectivity index (χ1) is 12.5. The summed E-state index contributed by atoms with van der Waals surface area (Å²) in [5, 5.41) is 19.7. The molecule has 0 aliphatic heterocycles. The molecule has 3 aromatic rings. The van der Waals surface area contributed by atoms with Gasteiger partial charge in [0.25, 0.3) is 0 Å². The number of carboxylic acid groups (broad SMARTS) is 1. The number of methoxy groups -OCH3 is 1. The lowest BCUT2D eigenvalue weighted by atomic mass is 10.1. The SMILES string of the molecule is COc1c(C(=O)O)ccc2[nH]nc(C=Cc3ccc(NC(C)=O)cc3)c12. The van der Waals surface area contributed by atoms with Gasteiger partial charge in [-0.15, -0.1) is 0 Å². The summed E-state index contributed by atoms with van der Waals surface area (Å²) in [4.78, 5) is 22.4. The maximum absolute atomic E-state index is 11.4. The average molecular weight is 351 g/mol. The summed E-state index contributed by atoms with van der Waals surface area (Å²) in [7, 11) is 1.43. The van der Waals surface area contributed by atoms with E-state index < -0.39 is 5.97 Å². The van der Waals surface area contributed by atoms with Crippen LogP contribution in [0.25, 0.3) is 23.1 Å². The normalized spacial score (nSPS) is 11.0. The van der Waals surface area contributed by atoms with Crippen LogP contribution in [0.2, 0.25) is 0 Å². The molecule has 3 rings (SSSR count). The summed E-state index contributed by atoms with van der Waals surface area (Å²) < 4.78 is 5.31. The second-order valence-electron chi connectivity index (χ2n) is 5.62. The van der Waals surface area contributed by atoms with Crippen LogP contribution in [0.15, 0.2) is 36.4 Å². The molecule has 0 radical (unpaired) electrons. The number of rotatable bonds is 5. The van der Waals surface area contributed by atoms with Crippen molar-refractivity contribution in [3.63, 3.8) is 0 Å². The Kier molecular flexibility index (Phi) is 4.70. The highest BCUT2D eigenvalue weighted by Crippen LogP contribution is 2.32. The van der Waals surface area contributed by atoms with Gasteiger partial charge in [-0.05, 0) is 35.9 Å². The molecule has 0 aliphatic rings. The molecule has 0 spiro atoms. The van der Waals surface area contributed by atoms with Gasteiger partial charge in [0.1, 0.15) is 11.3 Å². The van der Waals surface area contributed by atoms with Crippen LogP contribution in [0.4, 0.5) is 5.69 Å². The molecule has 0 saturated heterocycles. The molecule has 1 heterocycles. The van der Waals surface area contributed by atoms with Crippen molar-refractivity contribution < 1.29 is 19.4 Å². The van der Waals surface area contributed by atoms with Crippen molar-refractivity contribution in [2.24, 2.45) is 0 Å². The molecule has 0 bridgehead atoms. The monoisotopic (exact) mass is 351 g/mol. The Morgan fingerprint density at radius 2 is 1.88 bits per heavy atom. The number of carbonyl (C=O) groups excluding carboxylic acids is 1. The van der Waals surface area contributed by atoms with Gasteiger partial charge in [0.15, 0.2) is 0 Å². The fourth-order valence-corrected chi connectivity index (χ4v) is 2.66. The Morgan fingerprint density at radius 3 is 2.50 bits per heavy atom. The fourth-order valence-electron chi connectivity index (χ4n) is 2.66. The molecular formula is C19H17N3O4. The van der Waals surface area contributed by atoms with Crippen LogP contribution >= 0.6 is 0 Å². The zero-order valence-corrected chi connectivity index (χ0v) is 14.2. The van der Waals surface area contributed by atoms with E-state index in [-0.39, 0.29) is 17.2 Å². The molecule has 1 amide bonds. The number of carbonyl (C=O) groups is 2. The van der Waals surface area contributed by atoms with Crippen LogP contribution < -0.4 is 10.1 Å². The van der Waals surface area contributed by atoms with E-state index >= 15 is 0 Å². The Hall–Kier alpha value is -3.61. The molecule has 7 heteroatoms. The Balaban J connectivity index is 1.95. The molecule has 26 heavy (non-hydrogen) atoms. The maximum Gasteiger partial charge on any atom is 0.339 e. The lowest BCUT2D eigenvalue weighted by molar-refractivity contribution is -0.114. The minimum absolute atomic E-state index is 0.0794. The number of ether oxygens (including phenoxy) is 1. The van der Waals surface area contributed by atoms with E-state index in [4.69, 9.17) is 4.74 Å². The van der Waals surface area contributed by atoms with Crippen LogP contribution in [0.1, 0.15) is 28.5 Å². The summed E-state index contributed by atoms with van der Waals surface area (Å²) in [6, 6.07) is 10.5. The molecular weight excluding hydrogens is 334 g/mol. The number of carboxylic acids is 1. The largest absolute Gasteiger partial charge is 0.495 e. The van der Waals surface area contributed by atoms with Gasteiger partial charge in [-0.3, -0.25) is 9.89 Å². The maximum atomic E-state index is 11.4. The highest BCUT2D eigenvalue weighted by atomic mass is 16.5. The van der Waals surface area contributed by atoms with E-state index in [0.717, 1.165) is 5.56 Å². The van der Waals surface area contributed by atoms with Gasteiger partial charge >= 0.3 is 5.97 Å². The number of nitrogens with one attached hydrogen (secondary N) is 2. The predicted molar refractivity (Wildman–Crippen MR) is 99.3 cm³/mol. The molecule has 1 aromatic heterocycles. The number of amides is 1. The summed E-state index contributed by atoms with van der Waals surface area (Å²) in [5.74, 6) is -0.921. The third-order valence-corrected chi connectivity index (χ3v) is 3.81. The number of aromatic carboxylic acids is 1. The van der Waals surface area contributed by atoms with Gasteiger partial charge in [0.05, 0.1) is 23.7 Å². The van der Waals surface area contributed by atoms with E-state index in [2.05, 4.69) is 15.5 Å². The van der Waals surface area contributed by atoms with Crippen molar-refractivity contribution in [3.8, 4) is 5.75 Å². The lowest BCUT2D eigenvalue weighted by Gasteiger charge is -2.06. The van der Waals surface area contributed by atoms with Crippen LogP contribution in [-0.4, -0.2) is 34.3 Å². The second-order valence-corrected chi connectivity index (χ2v) is 5.62. The molecule has 0 fully saturated rings. The molecule has 3 N–H and O–H groups in total. The van der Waals surface area contributed by atoms with Crippen molar-refractivity contribution >= 4 is 40.6 Å². The second kappa shape index (κ2) is 7.10. The minimum atomic E-state index is -1.06. The first-order valence-corrected chi connectivity index (χ1v) is 7.83. The first kappa shape index (κ1) is 17.2. The highest BCUT2D eigenvalue weighted by Gasteiger charge is 2.17. The number of aromatic amines is 1. The van der Waals surface area contributed by atoms with Gasteiger partial charge in [0.2, 0.25) is 5.91 Å². The van der Waals surface area contributed by atoms with Gasteiger partial charge in [-0.25, -0.2) is 4.79 Å². The zero-order chi connectivity index (χ0) is 18.7. The van der Waals surface area contributed by atoms with Gasteiger partial charge in [-0.2, -0.15) is 5.10 Å². The van der Waals surface area contributed by atoms with E-state index in [1.54, 1.807) is 24.3 Å². The third kappa shape index (κ3) is 3.41. The first-order valence-electron chi connectivity index (χ1n) is 7.83. The molecule has 0 aliphatic carbocycles. The smallest absolute Gasteiger partial charge is 0.339 e. The predicted octanol–water partition coefficient (Wildman–Crippen LogP) is 3.40. The van der Waals surface area contributed by atoms with Gasteiger partial charge in [-0.1, -0.05) is 18.2 Å². The molecule has 0 unspecified atom stereocenters. The molecule has 0 saturated carbocycles. The van der Waals surface area contributed by atoms with Crippen molar-refractivity contribution in [2.45, 2.75) is 6.92 Å².